The molecule has 0 saturated carbocycles. The maximum atomic E-state index is 13.2. The van der Waals surface area contributed by atoms with E-state index in [2.05, 4.69) is 21.7 Å². The Balaban J connectivity index is 1.41. The standard InChI is InChI=1S/C27H27N5O2/c1-18-3-6-22(15-24(18)31-26(33)23-9-10-25(29-2)30-17-23)27(34)32-13-11-21(12-14-32)20-7-4-19(16-28)5-8-20/h3-10,15,17,21H,11-14H2,1-2H3,(H,29,30)(H,31,33). The molecule has 0 spiro atoms. The molecule has 1 aliphatic rings. The van der Waals surface area contributed by atoms with Crippen molar-refractivity contribution in [2.45, 2.75) is 25.7 Å². The van der Waals surface area contributed by atoms with Gasteiger partial charge in [-0.2, -0.15) is 5.26 Å². The topological polar surface area (TPSA) is 98.1 Å². The average Bonchev–Trinajstić information content (AvgIpc) is 2.89. The number of likely N-dealkylation sites (tertiary alicyclic amines) is 1. The van der Waals surface area contributed by atoms with Crippen molar-refractivity contribution in [2.75, 3.05) is 30.8 Å². The minimum absolute atomic E-state index is 0.0335. The number of aryl methyl sites for hydroxylation is 1. The van der Waals surface area contributed by atoms with Gasteiger partial charge in [-0.3, -0.25) is 9.59 Å². The predicted octanol–water partition coefficient (Wildman–Crippen LogP) is 4.58. The Morgan fingerprint density at radius 3 is 2.35 bits per heavy atom. The average molecular weight is 454 g/mol. The summed E-state index contributed by atoms with van der Waals surface area (Å²) in [5, 5.41) is 14.8. The van der Waals surface area contributed by atoms with Crippen LogP contribution in [0.25, 0.3) is 0 Å². The van der Waals surface area contributed by atoms with E-state index in [0.29, 0.717) is 47.2 Å². The van der Waals surface area contributed by atoms with Gasteiger partial charge in [-0.1, -0.05) is 18.2 Å². The third-order valence-corrected chi connectivity index (χ3v) is 6.31. The van der Waals surface area contributed by atoms with Gasteiger partial charge in [0.05, 0.1) is 17.2 Å². The maximum Gasteiger partial charge on any atom is 0.257 e. The highest BCUT2D eigenvalue weighted by Crippen LogP contribution is 2.29. The van der Waals surface area contributed by atoms with E-state index in [9.17, 15) is 9.59 Å². The number of amides is 2. The summed E-state index contributed by atoms with van der Waals surface area (Å²) >= 11 is 0. The molecule has 4 rings (SSSR count). The zero-order valence-electron chi connectivity index (χ0n) is 19.3. The van der Waals surface area contributed by atoms with Crippen molar-refractivity contribution in [1.82, 2.24) is 9.88 Å². The zero-order valence-corrected chi connectivity index (χ0v) is 19.3. The SMILES string of the molecule is CNc1ccc(C(=O)Nc2cc(C(=O)N3CCC(c4ccc(C#N)cc4)CC3)ccc2C)cn1. The molecule has 7 heteroatoms. The number of nitrogens with zero attached hydrogens (tertiary/aromatic N) is 3. The summed E-state index contributed by atoms with van der Waals surface area (Å²) in [6, 6.07) is 18.7. The molecule has 7 nitrogen and oxygen atoms in total. The minimum atomic E-state index is -0.272. The summed E-state index contributed by atoms with van der Waals surface area (Å²) < 4.78 is 0. The van der Waals surface area contributed by atoms with Crippen LogP contribution in [0.1, 0.15) is 56.2 Å². The quantitative estimate of drug-likeness (QED) is 0.589. The van der Waals surface area contributed by atoms with Gasteiger partial charge in [0.2, 0.25) is 0 Å². The molecule has 0 aliphatic carbocycles. The number of nitrogens with one attached hydrogen (secondary N) is 2. The lowest BCUT2D eigenvalue weighted by molar-refractivity contribution is 0.0712. The molecule has 172 valence electrons. The summed E-state index contributed by atoms with van der Waals surface area (Å²) in [4.78, 5) is 31.9. The van der Waals surface area contributed by atoms with E-state index in [1.807, 2.05) is 48.2 Å². The first-order valence-corrected chi connectivity index (χ1v) is 11.3. The Labute approximate surface area is 199 Å². The summed E-state index contributed by atoms with van der Waals surface area (Å²) in [7, 11) is 1.77. The number of hydrogen-bond donors (Lipinski definition) is 2. The molecule has 2 amide bonds. The number of carbonyl (C=O) groups is 2. The van der Waals surface area contributed by atoms with Gasteiger partial charge in [0.15, 0.2) is 0 Å². The van der Waals surface area contributed by atoms with Gasteiger partial charge < -0.3 is 15.5 Å². The van der Waals surface area contributed by atoms with Crippen LogP contribution in [-0.4, -0.2) is 41.8 Å². The van der Waals surface area contributed by atoms with Crippen LogP contribution in [0.15, 0.2) is 60.8 Å². The maximum absolute atomic E-state index is 13.2. The molecule has 2 N–H and O–H groups in total. The molecule has 0 bridgehead atoms. The molecule has 2 aromatic carbocycles. The molecule has 34 heavy (non-hydrogen) atoms. The summed E-state index contributed by atoms with van der Waals surface area (Å²) in [6.07, 6.45) is 3.27. The van der Waals surface area contributed by atoms with Crippen LogP contribution in [0.2, 0.25) is 0 Å². The summed E-state index contributed by atoms with van der Waals surface area (Å²) in [6.45, 7) is 3.24. The third-order valence-electron chi connectivity index (χ3n) is 6.31. The van der Waals surface area contributed by atoms with Crippen LogP contribution in [0, 0.1) is 18.3 Å². The number of piperidine rings is 1. The van der Waals surface area contributed by atoms with Crippen LogP contribution < -0.4 is 10.6 Å². The van der Waals surface area contributed by atoms with E-state index >= 15 is 0 Å². The van der Waals surface area contributed by atoms with E-state index in [1.54, 1.807) is 25.2 Å². The van der Waals surface area contributed by atoms with Gasteiger partial charge in [-0.25, -0.2) is 4.98 Å². The Morgan fingerprint density at radius 2 is 1.74 bits per heavy atom. The molecular formula is C27H27N5O2. The fourth-order valence-corrected chi connectivity index (χ4v) is 4.19. The molecule has 0 radical (unpaired) electrons. The molecule has 1 fully saturated rings. The van der Waals surface area contributed by atoms with Crippen molar-refractivity contribution in [3.05, 3.63) is 88.6 Å². The number of benzene rings is 2. The van der Waals surface area contributed by atoms with Crippen molar-refractivity contribution in [2.24, 2.45) is 0 Å². The second-order valence-electron chi connectivity index (χ2n) is 8.47. The molecule has 1 aliphatic heterocycles. The van der Waals surface area contributed by atoms with Crippen molar-refractivity contribution < 1.29 is 9.59 Å². The van der Waals surface area contributed by atoms with Crippen molar-refractivity contribution in [1.29, 1.82) is 5.26 Å². The van der Waals surface area contributed by atoms with Gasteiger partial charge in [0.25, 0.3) is 11.8 Å². The highest BCUT2D eigenvalue weighted by Gasteiger charge is 2.25. The van der Waals surface area contributed by atoms with Crippen LogP contribution in [0.3, 0.4) is 0 Å². The number of pyridine rings is 1. The normalized spacial score (nSPS) is 13.7. The highest BCUT2D eigenvalue weighted by atomic mass is 16.2. The number of rotatable bonds is 5. The fourth-order valence-electron chi connectivity index (χ4n) is 4.19. The Kier molecular flexibility index (Phi) is 6.88. The minimum Gasteiger partial charge on any atom is -0.373 e. The Morgan fingerprint density at radius 1 is 1.03 bits per heavy atom. The zero-order chi connectivity index (χ0) is 24.1. The van der Waals surface area contributed by atoms with Gasteiger partial charge in [-0.05, 0) is 73.2 Å². The van der Waals surface area contributed by atoms with E-state index < -0.39 is 0 Å². The first-order valence-electron chi connectivity index (χ1n) is 11.3. The molecule has 2 heterocycles. The monoisotopic (exact) mass is 453 g/mol. The van der Waals surface area contributed by atoms with Gasteiger partial charge >= 0.3 is 0 Å². The van der Waals surface area contributed by atoms with Crippen LogP contribution >= 0.6 is 0 Å². The van der Waals surface area contributed by atoms with Gasteiger partial charge in [0.1, 0.15) is 5.82 Å². The lowest BCUT2D eigenvalue weighted by Gasteiger charge is -2.32. The van der Waals surface area contributed by atoms with Crippen molar-refractivity contribution in [3.8, 4) is 6.07 Å². The Bertz CT molecular complexity index is 1220. The van der Waals surface area contributed by atoms with E-state index in [4.69, 9.17) is 5.26 Å². The van der Waals surface area contributed by atoms with Crippen molar-refractivity contribution >= 4 is 23.3 Å². The summed E-state index contributed by atoms with van der Waals surface area (Å²) in [5.41, 5.74) is 4.36. The fraction of sp³-hybridized carbons (Fsp3) is 0.259. The first kappa shape index (κ1) is 23.0. The van der Waals surface area contributed by atoms with E-state index in [-0.39, 0.29) is 11.8 Å². The van der Waals surface area contributed by atoms with Crippen LogP contribution in [0.4, 0.5) is 11.5 Å². The molecule has 3 aromatic rings. The van der Waals surface area contributed by atoms with Gasteiger partial charge in [0, 0.05) is 37.6 Å². The largest absolute Gasteiger partial charge is 0.373 e. The van der Waals surface area contributed by atoms with E-state index in [1.165, 1.54) is 11.8 Å². The molecular weight excluding hydrogens is 426 g/mol. The number of nitriles is 1. The van der Waals surface area contributed by atoms with Crippen LogP contribution in [-0.2, 0) is 0 Å². The van der Waals surface area contributed by atoms with Gasteiger partial charge in [-0.15, -0.1) is 0 Å². The number of aromatic nitrogens is 1. The highest BCUT2D eigenvalue weighted by molar-refractivity contribution is 6.05. The van der Waals surface area contributed by atoms with E-state index in [0.717, 1.165) is 18.4 Å². The van der Waals surface area contributed by atoms with Crippen molar-refractivity contribution in [3.63, 3.8) is 0 Å². The lowest BCUT2D eigenvalue weighted by atomic mass is 9.89. The second-order valence-corrected chi connectivity index (χ2v) is 8.47. The predicted molar refractivity (Wildman–Crippen MR) is 132 cm³/mol. The number of anilines is 2. The number of hydrogen-bond acceptors (Lipinski definition) is 5. The molecule has 1 saturated heterocycles. The third kappa shape index (κ3) is 5.07. The lowest BCUT2D eigenvalue weighted by Crippen LogP contribution is -2.38. The smallest absolute Gasteiger partial charge is 0.257 e. The first-order chi connectivity index (χ1) is 16.5. The molecule has 0 unspecified atom stereocenters. The number of carbonyl (C=O) groups excluding carboxylic acids is 2. The molecule has 0 atom stereocenters. The Hall–Kier alpha value is -4.18. The second kappa shape index (κ2) is 10.2. The van der Waals surface area contributed by atoms with Crippen LogP contribution in [0.5, 0.6) is 0 Å². The summed E-state index contributed by atoms with van der Waals surface area (Å²) in [5.74, 6) is 0.760. The molecule has 1 aromatic heterocycles.